The molecule has 0 unspecified atom stereocenters. The number of carboxylic acid groups (broad SMARTS) is 1. The minimum absolute atomic E-state index is 0.155. The Kier molecular flexibility index (Phi) is 4.20. The molecule has 0 radical (unpaired) electrons. The second kappa shape index (κ2) is 6.47. The molecule has 1 aliphatic carbocycles. The normalized spacial score (nSPS) is 18.2. The van der Waals surface area contributed by atoms with Gasteiger partial charge in [-0.15, -0.1) is 0 Å². The first-order valence-electron chi connectivity index (χ1n) is 8.77. The quantitative estimate of drug-likeness (QED) is 0.609. The van der Waals surface area contributed by atoms with E-state index in [2.05, 4.69) is 5.16 Å². The molecule has 1 aromatic heterocycles. The van der Waals surface area contributed by atoms with Crippen molar-refractivity contribution >= 4 is 34.0 Å². The molecule has 10 heteroatoms. The van der Waals surface area contributed by atoms with Crippen molar-refractivity contribution in [1.82, 2.24) is 4.57 Å². The van der Waals surface area contributed by atoms with Gasteiger partial charge in [-0.1, -0.05) is 5.16 Å². The van der Waals surface area contributed by atoms with Crippen molar-refractivity contribution in [3.8, 4) is 0 Å². The Hall–Kier alpha value is -3.17. The molecule has 2 aromatic rings. The number of nitrogens with zero attached hydrogens (tertiary/aromatic N) is 3. The van der Waals surface area contributed by atoms with Crippen molar-refractivity contribution in [3.05, 3.63) is 33.6 Å². The van der Waals surface area contributed by atoms with Crippen LogP contribution in [0.3, 0.4) is 0 Å². The third-order valence-electron chi connectivity index (χ3n) is 5.12. The maximum absolute atomic E-state index is 15.5. The van der Waals surface area contributed by atoms with Gasteiger partial charge in [0, 0.05) is 25.2 Å². The van der Waals surface area contributed by atoms with E-state index in [1.54, 1.807) is 0 Å². The number of aromatic carboxylic acids is 1. The number of benzene rings is 1. The van der Waals surface area contributed by atoms with Crippen LogP contribution >= 0.6 is 0 Å². The van der Waals surface area contributed by atoms with Crippen LogP contribution in [-0.2, 0) is 4.84 Å². The highest BCUT2D eigenvalue weighted by atomic mass is 19.1. The fourth-order valence-corrected chi connectivity index (χ4v) is 3.66. The first-order valence-corrected chi connectivity index (χ1v) is 8.77. The molecule has 4 rings (SSSR count). The third kappa shape index (κ3) is 2.67. The zero-order valence-corrected chi connectivity index (χ0v) is 15.0. The number of pyridine rings is 1. The van der Waals surface area contributed by atoms with E-state index >= 15 is 8.78 Å². The van der Waals surface area contributed by atoms with Gasteiger partial charge in [-0.3, -0.25) is 4.79 Å². The summed E-state index contributed by atoms with van der Waals surface area (Å²) >= 11 is 0. The number of hydrogen-bond donors (Lipinski definition) is 2. The maximum atomic E-state index is 15.5. The van der Waals surface area contributed by atoms with Gasteiger partial charge in [0.15, 0.2) is 11.6 Å². The highest BCUT2D eigenvalue weighted by Gasteiger charge is 2.34. The number of hydrogen-bond acceptors (Lipinski definition) is 6. The van der Waals surface area contributed by atoms with Crippen molar-refractivity contribution in [2.45, 2.75) is 25.3 Å². The van der Waals surface area contributed by atoms with Crippen molar-refractivity contribution in [3.63, 3.8) is 0 Å². The summed E-state index contributed by atoms with van der Waals surface area (Å²) in [5, 5.41) is 12.7. The van der Waals surface area contributed by atoms with Crippen molar-refractivity contribution in [2.75, 3.05) is 30.8 Å². The molecule has 0 amide bonds. The van der Waals surface area contributed by atoms with Crippen molar-refractivity contribution in [2.24, 2.45) is 5.16 Å². The summed E-state index contributed by atoms with van der Waals surface area (Å²) in [5.41, 5.74) is 3.89. The number of carbonyl (C=O) groups is 1. The number of carboxylic acids is 1. The Labute approximate surface area is 157 Å². The van der Waals surface area contributed by atoms with Gasteiger partial charge in [0.1, 0.15) is 18.4 Å². The predicted octanol–water partition coefficient (Wildman–Crippen LogP) is 2.11. The Morgan fingerprint density at radius 1 is 1.36 bits per heavy atom. The van der Waals surface area contributed by atoms with Crippen LogP contribution in [0.25, 0.3) is 10.9 Å². The van der Waals surface area contributed by atoms with Gasteiger partial charge >= 0.3 is 5.97 Å². The fourth-order valence-electron chi connectivity index (χ4n) is 3.66. The lowest BCUT2D eigenvalue weighted by Crippen LogP contribution is -2.26. The van der Waals surface area contributed by atoms with Crippen LogP contribution in [0.5, 0.6) is 0 Å². The number of aromatic nitrogens is 1. The predicted molar refractivity (Wildman–Crippen MR) is 99.0 cm³/mol. The minimum Gasteiger partial charge on any atom is -0.477 e. The van der Waals surface area contributed by atoms with Gasteiger partial charge in [0.25, 0.3) is 0 Å². The van der Waals surface area contributed by atoms with Crippen LogP contribution < -0.4 is 16.1 Å². The van der Waals surface area contributed by atoms with Crippen LogP contribution in [0.1, 0.15) is 35.7 Å². The second-order valence-electron chi connectivity index (χ2n) is 6.94. The molecule has 0 spiro atoms. The number of oxime groups is 1. The van der Waals surface area contributed by atoms with Crippen LogP contribution in [0, 0.1) is 11.6 Å². The Balaban J connectivity index is 2.01. The number of fused-ring (bicyclic) bond motifs is 1. The standard InChI is InChI=1S/C18H18F2N4O4/c1-28-22-8-4-5-23(6-8)16-12(19)14(21)11-15(13(16)20)24(9-2-3-9)7-10(17(11)25)18(26)27/h7,9H,2-6,21H2,1H3,(H,26,27)/b22-8-. The molecule has 1 saturated carbocycles. The van der Waals surface area contributed by atoms with E-state index in [0.717, 1.165) is 6.20 Å². The monoisotopic (exact) mass is 392 g/mol. The molecule has 2 heterocycles. The van der Waals surface area contributed by atoms with Gasteiger partial charge < -0.3 is 25.1 Å². The molecule has 148 valence electrons. The fraction of sp³-hybridized carbons (Fsp3) is 0.389. The Morgan fingerprint density at radius 2 is 2.07 bits per heavy atom. The number of nitrogen functional groups attached to an aromatic ring is 1. The van der Waals surface area contributed by atoms with Crippen LogP contribution in [-0.4, -0.2) is 41.6 Å². The molecule has 2 fully saturated rings. The van der Waals surface area contributed by atoms with E-state index in [1.165, 1.54) is 16.6 Å². The summed E-state index contributed by atoms with van der Waals surface area (Å²) in [6, 6.07) is -0.155. The molecule has 0 bridgehead atoms. The van der Waals surface area contributed by atoms with E-state index < -0.39 is 39.7 Å². The molecular formula is C18H18F2N4O4. The maximum Gasteiger partial charge on any atom is 0.341 e. The first-order chi connectivity index (χ1) is 13.3. The molecule has 3 N–H and O–H groups in total. The minimum atomic E-state index is -1.47. The lowest BCUT2D eigenvalue weighted by Gasteiger charge is -2.22. The summed E-state index contributed by atoms with van der Waals surface area (Å²) < 4.78 is 32.0. The zero-order chi connectivity index (χ0) is 20.2. The summed E-state index contributed by atoms with van der Waals surface area (Å²) in [7, 11) is 1.39. The van der Waals surface area contributed by atoms with Crippen LogP contribution in [0.4, 0.5) is 20.2 Å². The molecule has 1 aromatic carbocycles. The number of rotatable bonds is 4. The molecule has 28 heavy (non-hydrogen) atoms. The average molecular weight is 392 g/mol. The summed E-state index contributed by atoms with van der Waals surface area (Å²) in [6.45, 7) is 0.468. The third-order valence-corrected chi connectivity index (χ3v) is 5.12. The van der Waals surface area contributed by atoms with Gasteiger partial charge in [-0.2, -0.15) is 0 Å². The number of nitrogens with two attached hydrogens (primary N) is 1. The molecular weight excluding hydrogens is 374 g/mol. The largest absolute Gasteiger partial charge is 0.477 e. The molecule has 1 saturated heterocycles. The van der Waals surface area contributed by atoms with Gasteiger partial charge in [-0.05, 0) is 12.8 Å². The Morgan fingerprint density at radius 3 is 2.68 bits per heavy atom. The van der Waals surface area contributed by atoms with E-state index in [0.29, 0.717) is 31.5 Å². The second-order valence-corrected chi connectivity index (χ2v) is 6.94. The number of anilines is 2. The SMILES string of the molecule is CO/N=C1/CCN(c2c(F)c(N)c3c(=O)c(C(=O)O)cn(C4CC4)c3c2F)C1. The average Bonchev–Trinajstić information content (AvgIpc) is 3.39. The van der Waals surface area contributed by atoms with E-state index in [1.807, 2.05) is 0 Å². The summed E-state index contributed by atoms with van der Waals surface area (Å²) in [6.07, 6.45) is 3.00. The van der Waals surface area contributed by atoms with Crippen molar-refractivity contribution < 1.29 is 23.5 Å². The smallest absolute Gasteiger partial charge is 0.341 e. The Bertz CT molecular complexity index is 1090. The van der Waals surface area contributed by atoms with E-state index in [-0.39, 0.29) is 23.8 Å². The lowest BCUT2D eigenvalue weighted by atomic mass is 10.1. The topological polar surface area (TPSA) is 110 Å². The molecule has 8 nitrogen and oxygen atoms in total. The van der Waals surface area contributed by atoms with E-state index in [4.69, 9.17) is 10.6 Å². The van der Waals surface area contributed by atoms with Gasteiger partial charge in [-0.25, -0.2) is 13.6 Å². The van der Waals surface area contributed by atoms with Crippen molar-refractivity contribution in [1.29, 1.82) is 0 Å². The van der Waals surface area contributed by atoms with Crippen LogP contribution in [0.15, 0.2) is 16.1 Å². The van der Waals surface area contributed by atoms with Gasteiger partial charge in [0.2, 0.25) is 5.43 Å². The summed E-state index contributed by atoms with van der Waals surface area (Å²) in [5.74, 6) is -3.47. The highest BCUT2D eigenvalue weighted by molar-refractivity contribution is 6.01. The molecule has 2 aliphatic rings. The van der Waals surface area contributed by atoms with E-state index in [9.17, 15) is 14.7 Å². The zero-order valence-electron chi connectivity index (χ0n) is 15.0. The van der Waals surface area contributed by atoms with Crippen LogP contribution in [0.2, 0.25) is 0 Å². The first kappa shape index (κ1) is 18.2. The summed E-state index contributed by atoms with van der Waals surface area (Å²) in [4.78, 5) is 30.2. The number of halogens is 2. The molecule has 0 atom stereocenters. The highest BCUT2D eigenvalue weighted by Crippen LogP contribution is 2.42. The molecule has 1 aliphatic heterocycles. The van der Waals surface area contributed by atoms with Gasteiger partial charge in [0.05, 0.1) is 28.8 Å². The lowest BCUT2D eigenvalue weighted by molar-refractivity contribution is 0.0695.